The summed E-state index contributed by atoms with van der Waals surface area (Å²) >= 11 is 0.923. The average molecular weight is 455 g/mol. The lowest BCUT2D eigenvalue weighted by Crippen LogP contribution is -2.27. The number of amides is 2. The molecule has 1 saturated heterocycles. The summed E-state index contributed by atoms with van der Waals surface area (Å²) in [5.74, 6) is -0.344. The van der Waals surface area contributed by atoms with E-state index < -0.39 is 4.92 Å². The quantitative estimate of drug-likeness (QED) is 0.214. The third-order valence-electron chi connectivity index (χ3n) is 5.41. The Morgan fingerprint density at radius 3 is 2.33 bits per heavy atom. The summed E-state index contributed by atoms with van der Waals surface area (Å²) in [7, 11) is 0. The van der Waals surface area contributed by atoms with Crippen LogP contribution in [-0.2, 0) is 11.3 Å². The second-order valence-electron chi connectivity index (χ2n) is 7.51. The number of non-ortho nitro benzene ring substituents is 1. The van der Waals surface area contributed by atoms with E-state index in [0.29, 0.717) is 17.1 Å². The zero-order valence-corrected chi connectivity index (χ0v) is 18.1. The Labute approximate surface area is 193 Å². The number of imide groups is 1. The Hall–Kier alpha value is -4.17. The van der Waals surface area contributed by atoms with Gasteiger partial charge in [-0.3, -0.25) is 19.7 Å². The molecule has 8 heteroatoms. The Morgan fingerprint density at radius 1 is 0.909 bits per heavy atom. The molecule has 0 aliphatic carbocycles. The molecule has 5 rings (SSSR count). The van der Waals surface area contributed by atoms with Crippen molar-refractivity contribution in [1.29, 1.82) is 0 Å². The van der Waals surface area contributed by atoms with Crippen LogP contribution in [0.2, 0.25) is 0 Å². The lowest BCUT2D eigenvalue weighted by molar-refractivity contribution is -0.384. The largest absolute Gasteiger partial charge is 0.342 e. The topological polar surface area (TPSA) is 85.5 Å². The molecule has 33 heavy (non-hydrogen) atoms. The molecule has 2 heterocycles. The van der Waals surface area contributed by atoms with Crippen LogP contribution >= 0.6 is 11.8 Å². The molecule has 0 radical (unpaired) electrons. The van der Waals surface area contributed by atoms with Gasteiger partial charge >= 0.3 is 0 Å². The predicted octanol–water partition coefficient (Wildman–Crippen LogP) is 5.84. The van der Waals surface area contributed by atoms with Crippen molar-refractivity contribution in [3.8, 4) is 0 Å². The standard InChI is InChI=1S/C25H17N3O4S/c29-24-23(33-25(30)27(24)19-6-2-1-3-7-19)14-18-16-26(22-9-5-4-8-21(18)22)15-17-10-12-20(13-11-17)28(31)32/h1-14,16H,15H2/b23-14-. The van der Waals surface area contributed by atoms with E-state index in [1.165, 1.54) is 17.0 Å². The van der Waals surface area contributed by atoms with Gasteiger partial charge in [-0.05, 0) is 41.6 Å². The number of para-hydroxylation sites is 2. The number of hydrogen-bond donors (Lipinski definition) is 0. The fraction of sp³-hybridized carbons (Fsp3) is 0.0400. The van der Waals surface area contributed by atoms with E-state index in [4.69, 9.17) is 0 Å². The third kappa shape index (κ3) is 3.92. The summed E-state index contributed by atoms with van der Waals surface area (Å²) in [6, 6.07) is 23.1. The Kier molecular flexibility index (Phi) is 5.27. The Balaban J connectivity index is 1.49. The number of nitro groups is 1. The molecular formula is C25H17N3O4S. The van der Waals surface area contributed by atoms with Crippen LogP contribution in [0.3, 0.4) is 0 Å². The van der Waals surface area contributed by atoms with Crippen molar-refractivity contribution in [2.75, 3.05) is 4.90 Å². The van der Waals surface area contributed by atoms with Crippen LogP contribution in [0.5, 0.6) is 0 Å². The van der Waals surface area contributed by atoms with Crippen molar-refractivity contribution in [3.05, 3.63) is 111 Å². The first-order valence-electron chi connectivity index (χ1n) is 10.2. The molecule has 1 aliphatic heterocycles. The molecule has 0 N–H and O–H groups in total. The predicted molar refractivity (Wildman–Crippen MR) is 129 cm³/mol. The van der Waals surface area contributed by atoms with Gasteiger partial charge in [0.15, 0.2) is 0 Å². The molecule has 0 bridgehead atoms. The van der Waals surface area contributed by atoms with Gasteiger partial charge in [-0.25, -0.2) is 4.90 Å². The highest BCUT2D eigenvalue weighted by Crippen LogP contribution is 2.37. The van der Waals surface area contributed by atoms with Crippen LogP contribution in [0, 0.1) is 10.1 Å². The smallest absolute Gasteiger partial charge is 0.298 e. The molecule has 7 nitrogen and oxygen atoms in total. The van der Waals surface area contributed by atoms with E-state index in [1.54, 1.807) is 42.5 Å². The molecule has 1 aromatic heterocycles. The van der Waals surface area contributed by atoms with E-state index in [9.17, 15) is 19.7 Å². The third-order valence-corrected chi connectivity index (χ3v) is 6.28. The number of anilines is 1. The molecule has 0 spiro atoms. The van der Waals surface area contributed by atoms with E-state index in [1.807, 2.05) is 41.1 Å². The van der Waals surface area contributed by atoms with E-state index >= 15 is 0 Å². The molecule has 0 atom stereocenters. The molecule has 1 aliphatic rings. The first kappa shape index (κ1) is 20.7. The summed E-state index contributed by atoms with van der Waals surface area (Å²) in [6.07, 6.45) is 3.69. The number of fused-ring (bicyclic) bond motifs is 1. The molecule has 2 amide bonds. The SMILES string of the molecule is O=C1S/C(=C\c2cn(Cc3ccc([N+](=O)[O-])cc3)c3ccccc23)C(=O)N1c1ccccc1. The Bertz CT molecular complexity index is 1430. The van der Waals surface area contributed by atoms with Crippen LogP contribution in [0.4, 0.5) is 16.2 Å². The molecule has 4 aromatic rings. The number of aromatic nitrogens is 1. The number of thioether (sulfide) groups is 1. The second kappa shape index (κ2) is 8.40. The van der Waals surface area contributed by atoms with Gasteiger partial charge in [0.2, 0.25) is 0 Å². The summed E-state index contributed by atoms with van der Waals surface area (Å²) in [5.41, 5.74) is 3.29. The molecule has 3 aromatic carbocycles. The van der Waals surface area contributed by atoms with Gasteiger partial charge in [-0.15, -0.1) is 0 Å². The molecule has 0 unspecified atom stereocenters. The van der Waals surface area contributed by atoms with Crippen molar-refractivity contribution in [3.63, 3.8) is 0 Å². The van der Waals surface area contributed by atoms with Crippen molar-refractivity contribution in [1.82, 2.24) is 4.57 Å². The summed E-state index contributed by atoms with van der Waals surface area (Å²) in [4.78, 5) is 37.6. The van der Waals surface area contributed by atoms with Gasteiger partial charge in [-0.2, -0.15) is 0 Å². The Morgan fingerprint density at radius 2 is 1.61 bits per heavy atom. The minimum Gasteiger partial charge on any atom is -0.342 e. The van der Waals surface area contributed by atoms with Gasteiger partial charge in [0, 0.05) is 41.3 Å². The minimum absolute atomic E-state index is 0.0472. The summed E-state index contributed by atoms with van der Waals surface area (Å²) < 4.78 is 2.03. The molecule has 0 saturated carbocycles. The number of hydrogen-bond acceptors (Lipinski definition) is 5. The monoisotopic (exact) mass is 455 g/mol. The second-order valence-corrected chi connectivity index (χ2v) is 8.50. The summed E-state index contributed by atoms with van der Waals surface area (Å²) in [6.45, 7) is 0.512. The first-order valence-corrected chi connectivity index (χ1v) is 11.0. The van der Waals surface area contributed by atoms with Gasteiger partial charge in [0.05, 0.1) is 15.5 Å². The van der Waals surface area contributed by atoms with E-state index in [2.05, 4.69) is 0 Å². The van der Waals surface area contributed by atoms with Crippen LogP contribution in [-0.4, -0.2) is 20.6 Å². The maximum atomic E-state index is 13.0. The number of nitro benzene ring substituents is 1. The number of benzene rings is 3. The highest BCUT2D eigenvalue weighted by molar-refractivity contribution is 8.19. The fourth-order valence-electron chi connectivity index (χ4n) is 3.85. The maximum absolute atomic E-state index is 13.0. The van der Waals surface area contributed by atoms with Crippen molar-refractivity contribution in [2.24, 2.45) is 0 Å². The van der Waals surface area contributed by atoms with E-state index in [-0.39, 0.29) is 16.8 Å². The van der Waals surface area contributed by atoms with Crippen molar-refractivity contribution >= 4 is 51.3 Å². The van der Waals surface area contributed by atoms with Crippen molar-refractivity contribution < 1.29 is 14.5 Å². The number of carbonyl (C=O) groups excluding carboxylic acids is 2. The van der Waals surface area contributed by atoms with E-state index in [0.717, 1.165) is 33.8 Å². The fourth-order valence-corrected chi connectivity index (χ4v) is 4.68. The maximum Gasteiger partial charge on any atom is 0.298 e. The first-order chi connectivity index (χ1) is 16.0. The van der Waals surface area contributed by atoms with Crippen molar-refractivity contribution in [2.45, 2.75) is 6.54 Å². The molecule has 162 valence electrons. The van der Waals surface area contributed by atoms with Crippen LogP contribution in [0.1, 0.15) is 11.1 Å². The zero-order valence-electron chi connectivity index (χ0n) is 17.3. The highest BCUT2D eigenvalue weighted by Gasteiger charge is 2.36. The van der Waals surface area contributed by atoms with Gasteiger partial charge < -0.3 is 4.57 Å². The average Bonchev–Trinajstić information content (AvgIpc) is 3.31. The number of carbonyl (C=O) groups is 2. The molecular weight excluding hydrogens is 438 g/mol. The minimum atomic E-state index is -0.421. The van der Waals surface area contributed by atoms with Gasteiger partial charge in [0.25, 0.3) is 16.8 Å². The lowest BCUT2D eigenvalue weighted by Gasteiger charge is -2.11. The number of nitrogens with zero attached hydrogens (tertiary/aromatic N) is 3. The van der Waals surface area contributed by atoms with Gasteiger partial charge in [-0.1, -0.05) is 48.5 Å². The summed E-state index contributed by atoms with van der Waals surface area (Å²) in [5, 5.41) is 11.5. The number of rotatable bonds is 5. The van der Waals surface area contributed by atoms with Crippen LogP contribution < -0.4 is 4.90 Å². The van der Waals surface area contributed by atoms with Crippen LogP contribution in [0.15, 0.2) is 90.0 Å². The zero-order chi connectivity index (χ0) is 22.9. The van der Waals surface area contributed by atoms with Crippen LogP contribution in [0.25, 0.3) is 17.0 Å². The van der Waals surface area contributed by atoms with Gasteiger partial charge in [0.1, 0.15) is 0 Å². The normalized spacial score (nSPS) is 15.0. The molecule has 1 fully saturated rings. The highest BCUT2D eigenvalue weighted by atomic mass is 32.2. The lowest BCUT2D eigenvalue weighted by atomic mass is 10.1.